The number of nitrogens with zero attached hydrogens (tertiary/aromatic N) is 2. The van der Waals surface area contributed by atoms with Crippen LogP contribution in [-0.2, 0) is 0 Å². The number of para-hydroxylation sites is 2. The molecule has 5 heteroatoms. The minimum absolute atomic E-state index is 0.398. The second-order valence-electron chi connectivity index (χ2n) is 3.61. The fraction of sp³-hybridized carbons (Fsp3) is 0. The number of carbonyl (C=O) groups is 1. The second kappa shape index (κ2) is 3.71. The molecular formula is C12H9N3OS. The van der Waals surface area contributed by atoms with Gasteiger partial charge in [-0.25, -0.2) is 4.98 Å². The first-order valence-corrected chi connectivity index (χ1v) is 5.89. The molecule has 2 N–H and O–H groups in total. The van der Waals surface area contributed by atoms with Crippen LogP contribution in [0.4, 0.5) is 0 Å². The first-order chi connectivity index (χ1) is 8.25. The number of amides is 1. The number of thiophene rings is 1. The van der Waals surface area contributed by atoms with Crippen LogP contribution in [0.15, 0.2) is 42.7 Å². The summed E-state index contributed by atoms with van der Waals surface area (Å²) in [5.74, 6) is -0.398. The Morgan fingerprint density at radius 2 is 2.06 bits per heavy atom. The van der Waals surface area contributed by atoms with Gasteiger partial charge >= 0.3 is 0 Å². The van der Waals surface area contributed by atoms with Gasteiger partial charge in [0.25, 0.3) is 5.91 Å². The topological polar surface area (TPSA) is 60.9 Å². The zero-order chi connectivity index (χ0) is 11.8. The van der Waals surface area contributed by atoms with Crippen molar-refractivity contribution in [1.82, 2.24) is 9.55 Å². The predicted octanol–water partition coefficient (Wildman–Crippen LogP) is 2.19. The zero-order valence-electron chi connectivity index (χ0n) is 8.83. The minimum Gasteiger partial charge on any atom is -0.365 e. The maximum atomic E-state index is 11.1. The average Bonchev–Trinajstić information content (AvgIpc) is 2.95. The van der Waals surface area contributed by atoms with Gasteiger partial charge in [-0.15, -0.1) is 11.3 Å². The summed E-state index contributed by atoms with van der Waals surface area (Å²) < 4.78 is 1.95. The van der Waals surface area contributed by atoms with Crippen molar-refractivity contribution in [3.8, 4) is 5.00 Å². The SMILES string of the molecule is NC(=O)c1ccc(-n2cnc3ccccc32)s1. The van der Waals surface area contributed by atoms with Crippen LogP contribution in [0.3, 0.4) is 0 Å². The van der Waals surface area contributed by atoms with E-state index >= 15 is 0 Å². The molecule has 3 aromatic rings. The van der Waals surface area contributed by atoms with Crippen molar-refractivity contribution >= 4 is 28.3 Å². The van der Waals surface area contributed by atoms with Gasteiger partial charge in [0, 0.05) is 0 Å². The van der Waals surface area contributed by atoms with Gasteiger partial charge in [-0.1, -0.05) is 12.1 Å². The standard InChI is InChI=1S/C12H9N3OS/c13-12(16)10-5-6-11(17-10)15-7-14-8-3-1-2-4-9(8)15/h1-7H,(H2,13,16). The monoisotopic (exact) mass is 243 g/mol. The van der Waals surface area contributed by atoms with E-state index in [1.54, 1.807) is 12.4 Å². The van der Waals surface area contributed by atoms with Crippen LogP contribution < -0.4 is 5.73 Å². The number of imidazole rings is 1. The van der Waals surface area contributed by atoms with Crippen LogP contribution in [0.25, 0.3) is 16.0 Å². The third-order valence-electron chi connectivity index (χ3n) is 2.53. The molecule has 0 atom stereocenters. The Kier molecular flexibility index (Phi) is 2.19. The summed E-state index contributed by atoms with van der Waals surface area (Å²) in [5, 5.41) is 0.938. The smallest absolute Gasteiger partial charge is 0.258 e. The first kappa shape index (κ1) is 10.0. The lowest BCUT2D eigenvalue weighted by Crippen LogP contribution is -2.08. The van der Waals surface area contributed by atoms with Gasteiger partial charge in [0.05, 0.1) is 15.9 Å². The molecule has 17 heavy (non-hydrogen) atoms. The Balaban J connectivity index is 2.17. The van der Waals surface area contributed by atoms with Crippen molar-refractivity contribution in [2.24, 2.45) is 5.73 Å². The van der Waals surface area contributed by atoms with Crippen molar-refractivity contribution in [2.75, 3.05) is 0 Å². The molecule has 0 saturated heterocycles. The fourth-order valence-corrected chi connectivity index (χ4v) is 2.57. The van der Waals surface area contributed by atoms with Crippen LogP contribution in [-0.4, -0.2) is 15.5 Å². The number of aromatic nitrogens is 2. The quantitative estimate of drug-likeness (QED) is 0.750. The van der Waals surface area contributed by atoms with Gasteiger partial charge < -0.3 is 5.73 Å². The van der Waals surface area contributed by atoms with Crippen LogP contribution >= 0.6 is 11.3 Å². The number of hydrogen-bond acceptors (Lipinski definition) is 3. The molecule has 2 aromatic heterocycles. The Morgan fingerprint density at radius 3 is 2.82 bits per heavy atom. The molecule has 0 spiro atoms. The van der Waals surface area contributed by atoms with Gasteiger partial charge in [-0.2, -0.15) is 0 Å². The summed E-state index contributed by atoms with van der Waals surface area (Å²) in [7, 11) is 0. The highest BCUT2D eigenvalue weighted by molar-refractivity contribution is 7.16. The molecule has 84 valence electrons. The fourth-order valence-electron chi connectivity index (χ4n) is 1.72. The first-order valence-electron chi connectivity index (χ1n) is 5.08. The number of carbonyl (C=O) groups excluding carboxylic acids is 1. The van der Waals surface area contributed by atoms with E-state index in [4.69, 9.17) is 5.73 Å². The summed E-state index contributed by atoms with van der Waals surface area (Å²) >= 11 is 1.36. The molecule has 3 rings (SSSR count). The number of fused-ring (bicyclic) bond motifs is 1. The van der Waals surface area contributed by atoms with Crippen molar-refractivity contribution in [3.05, 3.63) is 47.6 Å². The van der Waals surface area contributed by atoms with Gasteiger partial charge in [0.1, 0.15) is 11.3 Å². The van der Waals surface area contributed by atoms with E-state index < -0.39 is 5.91 Å². The highest BCUT2D eigenvalue weighted by atomic mass is 32.1. The second-order valence-corrected chi connectivity index (χ2v) is 4.67. The van der Waals surface area contributed by atoms with Crippen LogP contribution in [0.2, 0.25) is 0 Å². The normalized spacial score (nSPS) is 10.8. The molecule has 0 unspecified atom stereocenters. The van der Waals surface area contributed by atoms with Crippen molar-refractivity contribution < 1.29 is 4.79 Å². The lowest BCUT2D eigenvalue weighted by molar-refractivity contribution is 0.100. The van der Waals surface area contributed by atoms with E-state index in [1.165, 1.54) is 11.3 Å². The molecule has 0 saturated carbocycles. The van der Waals surface area contributed by atoms with Crippen LogP contribution in [0, 0.1) is 0 Å². The van der Waals surface area contributed by atoms with Crippen molar-refractivity contribution in [3.63, 3.8) is 0 Å². The van der Waals surface area contributed by atoms with E-state index in [1.807, 2.05) is 34.9 Å². The number of primary amides is 1. The molecule has 4 nitrogen and oxygen atoms in total. The summed E-state index contributed by atoms with van der Waals surface area (Å²) in [4.78, 5) is 15.9. The number of nitrogens with two attached hydrogens (primary N) is 1. The number of benzene rings is 1. The highest BCUT2D eigenvalue weighted by Gasteiger charge is 2.09. The highest BCUT2D eigenvalue weighted by Crippen LogP contribution is 2.24. The maximum absolute atomic E-state index is 11.1. The van der Waals surface area contributed by atoms with Gasteiger partial charge in [0.2, 0.25) is 0 Å². The summed E-state index contributed by atoms with van der Waals surface area (Å²) in [6.45, 7) is 0. The van der Waals surface area contributed by atoms with Crippen molar-refractivity contribution in [1.29, 1.82) is 0 Å². The molecule has 1 amide bonds. The van der Waals surface area contributed by atoms with E-state index in [0.29, 0.717) is 4.88 Å². The Labute approximate surface area is 101 Å². The molecule has 0 bridgehead atoms. The number of rotatable bonds is 2. The molecule has 0 fully saturated rings. The maximum Gasteiger partial charge on any atom is 0.258 e. The average molecular weight is 243 g/mol. The minimum atomic E-state index is -0.398. The molecule has 0 radical (unpaired) electrons. The van der Waals surface area contributed by atoms with E-state index in [-0.39, 0.29) is 0 Å². The molecule has 0 aliphatic heterocycles. The van der Waals surface area contributed by atoms with Crippen molar-refractivity contribution in [2.45, 2.75) is 0 Å². The lowest BCUT2D eigenvalue weighted by Gasteiger charge is -1.98. The summed E-state index contributed by atoms with van der Waals surface area (Å²) in [6.07, 6.45) is 1.75. The number of hydrogen-bond donors (Lipinski definition) is 1. The Hall–Kier alpha value is -2.14. The molecule has 0 aliphatic carbocycles. The zero-order valence-corrected chi connectivity index (χ0v) is 9.65. The Morgan fingerprint density at radius 1 is 1.24 bits per heavy atom. The van der Waals surface area contributed by atoms with E-state index in [0.717, 1.165) is 16.0 Å². The van der Waals surface area contributed by atoms with E-state index in [2.05, 4.69) is 4.98 Å². The molecular weight excluding hydrogens is 234 g/mol. The largest absolute Gasteiger partial charge is 0.365 e. The third kappa shape index (κ3) is 1.60. The lowest BCUT2D eigenvalue weighted by atomic mass is 10.3. The van der Waals surface area contributed by atoms with Crippen LogP contribution in [0.5, 0.6) is 0 Å². The van der Waals surface area contributed by atoms with Gasteiger partial charge in [-0.05, 0) is 24.3 Å². The predicted molar refractivity (Wildman–Crippen MR) is 67.5 cm³/mol. The summed E-state index contributed by atoms with van der Waals surface area (Å²) in [5.41, 5.74) is 7.19. The molecule has 2 heterocycles. The molecule has 0 aliphatic rings. The van der Waals surface area contributed by atoms with E-state index in [9.17, 15) is 4.79 Å². The molecule has 1 aromatic carbocycles. The third-order valence-corrected chi connectivity index (χ3v) is 3.62. The summed E-state index contributed by atoms with van der Waals surface area (Å²) in [6, 6.07) is 11.5. The van der Waals surface area contributed by atoms with Gasteiger partial charge in [-0.3, -0.25) is 9.36 Å². The van der Waals surface area contributed by atoms with Crippen LogP contribution in [0.1, 0.15) is 9.67 Å². The van der Waals surface area contributed by atoms with Gasteiger partial charge in [0.15, 0.2) is 0 Å². The Bertz CT molecular complexity index is 698.